The van der Waals surface area contributed by atoms with Crippen LogP contribution >= 0.6 is 12.2 Å². The van der Waals surface area contributed by atoms with Crippen LogP contribution in [0.2, 0.25) is 0 Å². The number of carbonyl (C=O) groups excluding carboxylic acids is 1. The summed E-state index contributed by atoms with van der Waals surface area (Å²) in [7, 11) is 0. The van der Waals surface area contributed by atoms with E-state index < -0.39 is 5.97 Å². The van der Waals surface area contributed by atoms with E-state index in [1.54, 1.807) is 13.8 Å². The average Bonchev–Trinajstić information content (AvgIpc) is 2.29. The molecule has 96 valence electrons. The summed E-state index contributed by atoms with van der Waals surface area (Å²) in [6.07, 6.45) is 1.58. The third-order valence-corrected chi connectivity index (χ3v) is 2.94. The highest BCUT2D eigenvalue weighted by Crippen LogP contribution is 2.20. The Bertz CT molecular complexity index is 555. The van der Waals surface area contributed by atoms with Gasteiger partial charge in [0.15, 0.2) is 0 Å². The van der Waals surface area contributed by atoms with E-state index in [-0.39, 0.29) is 0 Å². The summed E-state index contributed by atoms with van der Waals surface area (Å²) in [5.41, 5.74) is 2.14. The molecule has 0 amide bonds. The molecule has 1 heterocycles. The van der Waals surface area contributed by atoms with Gasteiger partial charge < -0.3 is 9.72 Å². The first kappa shape index (κ1) is 14.4. The molecule has 18 heavy (non-hydrogen) atoms. The Balaban J connectivity index is 3.49. The maximum absolute atomic E-state index is 12.0. The summed E-state index contributed by atoms with van der Waals surface area (Å²) in [6.45, 7) is 5.80. The molecule has 0 aliphatic rings. The molecule has 0 aliphatic carbocycles. The van der Waals surface area contributed by atoms with Crippen molar-refractivity contribution in [2.24, 2.45) is 0 Å². The number of H-pyrrole nitrogens is 1. The molecule has 0 saturated heterocycles. The Kier molecular flexibility index (Phi) is 5.05. The van der Waals surface area contributed by atoms with Crippen molar-refractivity contribution in [1.29, 1.82) is 5.26 Å². The van der Waals surface area contributed by atoms with Crippen molar-refractivity contribution < 1.29 is 9.53 Å². The average molecular weight is 264 g/mol. The van der Waals surface area contributed by atoms with Crippen LogP contribution in [-0.2, 0) is 11.2 Å². The number of hydrogen-bond donors (Lipinski definition) is 1. The molecule has 0 aromatic carbocycles. The third-order valence-electron chi connectivity index (χ3n) is 2.63. The van der Waals surface area contributed by atoms with Crippen LogP contribution in [0.25, 0.3) is 0 Å². The fourth-order valence-electron chi connectivity index (χ4n) is 1.84. The van der Waals surface area contributed by atoms with Gasteiger partial charge in [0.1, 0.15) is 10.7 Å². The molecular formula is C13H16N2O2S. The first-order valence-electron chi connectivity index (χ1n) is 5.89. The molecule has 1 rings (SSSR count). The van der Waals surface area contributed by atoms with Gasteiger partial charge in [-0.3, -0.25) is 0 Å². The van der Waals surface area contributed by atoms with Crippen LogP contribution < -0.4 is 0 Å². The Morgan fingerprint density at radius 1 is 1.50 bits per heavy atom. The first-order chi connectivity index (χ1) is 8.56. The lowest BCUT2D eigenvalue weighted by Crippen LogP contribution is -2.13. The molecule has 0 spiro atoms. The van der Waals surface area contributed by atoms with Gasteiger partial charge >= 0.3 is 5.97 Å². The summed E-state index contributed by atoms with van der Waals surface area (Å²) >= 11 is 5.12. The van der Waals surface area contributed by atoms with E-state index in [0.29, 0.717) is 34.4 Å². The monoisotopic (exact) mass is 264 g/mol. The Morgan fingerprint density at radius 3 is 2.67 bits per heavy atom. The normalized spacial score (nSPS) is 9.89. The summed E-state index contributed by atoms with van der Waals surface area (Å²) in [4.78, 5) is 14.9. The number of hydrogen-bond acceptors (Lipinski definition) is 4. The molecular weight excluding hydrogens is 248 g/mol. The second kappa shape index (κ2) is 6.31. The number of nitrogens with one attached hydrogen (secondary N) is 1. The number of aromatic nitrogens is 1. The minimum Gasteiger partial charge on any atom is -0.462 e. The zero-order chi connectivity index (χ0) is 13.7. The number of aromatic amines is 1. The predicted molar refractivity (Wildman–Crippen MR) is 71.0 cm³/mol. The third kappa shape index (κ3) is 2.77. The lowest BCUT2D eigenvalue weighted by Gasteiger charge is -2.12. The number of ether oxygens (including phenoxy) is 1. The van der Waals surface area contributed by atoms with Crippen LogP contribution in [0.3, 0.4) is 0 Å². The summed E-state index contributed by atoms with van der Waals surface area (Å²) in [6, 6.07) is 2.03. The molecule has 1 N–H and O–H groups in total. The van der Waals surface area contributed by atoms with E-state index in [0.717, 1.165) is 12.1 Å². The van der Waals surface area contributed by atoms with Gasteiger partial charge in [0, 0.05) is 5.69 Å². The van der Waals surface area contributed by atoms with Gasteiger partial charge in [-0.2, -0.15) is 5.26 Å². The van der Waals surface area contributed by atoms with Gasteiger partial charge in [-0.25, -0.2) is 4.79 Å². The highest BCUT2D eigenvalue weighted by atomic mass is 32.1. The molecule has 0 saturated carbocycles. The minimum absolute atomic E-state index is 0.307. The highest BCUT2D eigenvalue weighted by Gasteiger charge is 2.19. The molecule has 0 radical (unpaired) electrons. The van der Waals surface area contributed by atoms with Crippen LogP contribution in [-0.4, -0.2) is 17.6 Å². The molecule has 1 aromatic heterocycles. The number of aryl methyl sites for hydroxylation is 1. The van der Waals surface area contributed by atoms with Crippen LogP contribution in [0.15, 0.2) is 0 Å². The van der Waals surface area contributed by atoms with Gasteiger partial charge in [-0.1, -0.05) is 25.6 Å². The molecule has 0 bridgehead atoms. The number of nitriles is 1. The van der Waals surface area contributed by atoms with Gasteiger partial charge in [0.25, 0.3) is 0 Å². The Morgan fingerprint density at radius 2 is 2.17 bits per heavy atom. The van der Waals surface area contributed by atoms with E-state index in [4.69, 9.17) is 22.2 Å². The summed E-state index contributed by atoms with van der Waals surface area (Å²) in [5.74, 6) is -0.402. The molecule has 0 unspecified atom stereocenters. The minimum atomic E-state index is -0.402. The number of nitrogens with zero attached hydrogens (tertiary/aromatic N) is 1. The number of esters is 1. The van der Waals surface area contributed by atoms with E-state index >= 15 is 0 Å². The standard InChI is InChI=1S/C13H16N2O2S/c1-4-6-10-11(13(16)17-5-2)8(3)9(7-14)12(18)15-10/h4-6H2,1-3H3,(H,15,18). The number of carbonyl (C=O) groups is 1. The highest BCUT2D eigenvalue weighted by molar-refractivity contribution is 7.71. The van der Waals surface area contributed by atoms with Crippen molar-refractivity contribution in [2.45, 2.75) is 33.6 Å². The van der Waals surface area contributed by atoms with Crippen LogP contribution in [0.4, 0.5) is 0 Å². The van der Waals surface area contributed by atoms with Crippen molar-refractivity contribution in [1.82, 2.24) is 4.98 Å². The van der Waals surface area contributed by atoms with Gasteiger partial charge in [-0.05, 0) is 25.8 Å². The van der Waals surface area contributed by atoms with Gasteiger partial charge in [-0.15, -0.1) is 0 Å². The lowest BCUT2D eigenvalue weighted by molar-refractivity contribution is 0.0523. The maximum atomic E-state index is 12.0. The molecule has 0 atom stereocenters. The van der Waals surface area contributed by atoms with Crippen LogP contribution in [0, 0.1) is 22.9 Å². The second-order valence-corrected chi connectivity index (χ2v) is 4.30. The molecule has 0 fully saturated rings. The predicted octanol–water partition coefficient (Wildman–Crippen LogP) is 3.05. The Hall–Kier alpha value is -1.67. The van der Waals surface area contributed by atoms with E-state index in [2.05, 4.69) is 4.98 Å². The number of pyridine rings is 1. The topological polar surface area (TPSA) is 65.9 Å². The molecule has 1 aromatic rings. The zero-order valence-electron chi connectivity index (χ0n) is 10.8. The van der Waals surface area contributed by atoms with Gasteiger partial charge in [0.2, 0.25) is 0 Å². The van der Waals surface area contributed by atoms with E-state index in [9.17, 15) is 4.79 Å². The Labute approximate surface area is 112 Å². The fourth-order valence-corrected chi connectivity index (χ4v) is 2.16. The lowest BCUT2D eigenvalue weighted by atomic mass is 10.0. The van der Waals surface area contributed by atoms with Crippen molar-refractivity contribution in [3.05, 3.63) is 27.0 Å². The largest absolute Gasteiger partial charge is 0.462 e. The van der Waals surface area contributed by atoms with Crippen LogP contribution in [0.5, 0.6) is 0 Å². The van der Waals surface area contributed by atoms with Gasteiger partial charge in [0.05, 0.1) is 17.7 Å². The quantitative estimate of drug-likeness (QED) is 0.670. The molecule has 0 aliphatic heterocycles. The summed E-state index contributed by atoms with van der Waals surface area (Å²) in [5, 5.41) is 9.07. The SMILES string of the molecule is CCCc1[nH]c(=S)c(C#N)c(C)c1C(=O)OCC. The van der Waals surface area contributed by atoms with Crippen molar-refractivity contribution >= 4 is 18.2 Å². The van der Waals surface area contributed by atoms with Crippen molar-refractivity contribution in [2.75, 3.05) is 6.61 Å². The molecule has 4 nitrogen and oxygen atoms in total. The number of rotatable bonds is 4. The zero-order valence-corrected chi connectivity index (χ0v) is 11.6. The second-order valence-electron chi connectivity index (χ2n) is 3.89. The smallest absolute Gasteiger partial charge is 0.340 e. The van der Waals surface area contributed by atoms with Crippen LogP contribution in [0.1, 0.15) is 47.4 Å². The molecule has 5 heteroatoms. The fraction of sp³-hybridized carbons (Fsp3) is 0.462. The van der Waals surface area contributed by atoms with E-state index in [1.165, 1.54) is 0 Å². The van der Waals surface area contributed by atoms with E-state index in [1.807, 2.05) is 13.0 Å². The van der Waals surface area contributed by atoms with Crippen molar-refractivity contribution in [3.63, 3.8) is 0 Å². The van der Waals surface area contributed by atoms with Crippen molar-refractivity contribution in [3.8, 4) is 6.07 Å². The maximum Gasteiger partial charge on any atom is 0.340 e. The summed E-state index contributed by atoms with van der Waals surface area (Å²) < 4.78 is 5.41. The first-order valence-corrected chi connectivity index (χ1v) is 6.30.